The van der Waals surface area contributed by atoms with Gasteiger partial charge in [0.2, 0.25) is 0 Å². The third kappa shape index (κ3) is 8.05. The Morgan fingerprint density at radius 3 is 1.07 bits per heavy atom. The van der Waals surface area contributed by atoms with E-state index in [1.807, 2.05) is 0 Å². The van der Waals surface area contributed by atoms with E-state index in [4.69, 9.17) is 11.6 Å². The molecule has 2 aromatic carbocycles. The number of rotatable bonds is 11. The van der Waals surface area contributed by atoms with Crippen molar-refractivity contribution in [3.05, 3.63) is 83.4 Å². The van der Waals surface area contributed by atoms with Gasteiger partial charge in [0.05, 0.1) is 0 Å². The molecule has 0 radical (unpaired) electrons. The number of hydrogen-bond donors (Lipinski definition) is 0. The molecule has 6 aliphatic carbocycles. The summed E-state index contributed by atoms with van der Waals surface area (Å²) in [5, 5.41) is 0. The summed E-state index contributed by atoms with van der Waals surface area (Å²) in [6.07, 6.45) is 44.4. The van der Waals surface area contributed by atoms with E-state index in [-0.39, 0.29) is 29.2 Å². The minimum Gasteiger partial charge on any atom is 0 e. The Kier molecular flexibility index (Phi) is 16.1. The fourth-order valence-corrected chi connectivity index (χ4v) is 42.8. The van der Waals surface area contributed by atoms with Crippen LogP contribution in [0.15, 0.2) is 72.3 Å². The molecule has 0 aromatic heterocycles. The molecule has 56 heavy (non-hydrogen) atoms. The van der Waals surface area contributed by atoms with Crippen molar-refractivity contribution >= 4 is 37.7 Å². The Morgan fingerprint density at radius 1 is 0.446 bits per heavy atom. The zero-order valence-corrected chi connectivity index (χ0v) is 40.3. The van der Waals surface area contributed by atoms with E-state index in [0.717, 1.165) is 34.0 Å². The molecule has 5 heteroatoms. The van der Waals surface area contributed by atoms with Crippen molar-refractivity contribution in [2.24, 2.45) is 0 Å². The van der Waals surface area contributed by atoms with Crippen LogP contribution in [0, 0.1) is 0 Å². The van der Waals surface area contributed by atoms with Crippen LogP contribution in [0.25, 0.3) is 0 Å². The van der Waals surface area contributed by atoms with Crippen LogP contribution in [0.5, 0.6) is 0 Å². The molecule has 0 heterocycles. The molecule has 8 rings (SSSR count). The fraction of sp³-hybridized carbons (Fsp3) is 0.725. The van der Waals surface area contributed by atoms with Gasteiger partial charge >= 0.3 is 351 Å². The second kappa shape index (κ2) is 20.4. The average Bonchev–Trinajstić information content (AvgIpc) is 3.27. The largest absolute Gasteiger partial charge is 0 e. The number of halogens is 2. The summed E-state index contributed by atoms with van der Waals surface area (Å²) >= 11 is 17.2. The molecule has 0 saturated heterocycles. The first-order chi connectivity index (χ1) is 27.1. The third-order valence-electron chi connectivity index (χ3n) is 18.0. The van der Waals surface area contributed by atoms with Gasteiger partial charge in [0.25, 0.3) is 0 Å². The number of alkyl halides is 1. The molecule has 0 N–H and O–H groups in total. The van der Waals surface area contributed by atoms with E-state index < -0.39 is 14.5 Å². The maximum Gasteiger partial charge on any atom is 0 e. The predicted molar refractivity (Wildman–Crippen MR) is 250 cm³/mol. The van der Waals surface area contributed by atoms with Crippen LogP contribution >= 0.6 is 37.7 Å². The molecule has 6 aliphatic rings. The fourth-order valence-electron chi connectivity index (χ4n) is 16.3. The van der Waals surface area contributed by atoms with E-state index in [2.05, 4.69) is 72.3 Å². The smallest absolute Gasteiger partial charge is 0 e. The molecular formula is C51H78Cl2P2Ru. The Hall–Kier alpha value is 0.243. The number of benzene rings is 2. The van der Waals surface area contributed by atoms with Crippen molar-refractivity contribution in [3.63, 3.8) is 0 Å². The summed E-state index contributed by atoms with van der Waals surface area (Å²) in [5.41, 5.74) is 10.4. The van der Waals surface area contributed by atoms with E-state index in [9.17, 15) is 11.6 Å². The van der Waals surface area contributed by atoms with Crippen molar-refractivity contribution in [1.82, 2.24) is 0 Å². The van der Waals surface area contributed by atoms with Gasteiger partial charge in [-0.2, -0.15) is 0 Å². The van der Waals surface area contributed by atoms with Crippen molar-refractivity contribution in [3.8, 4) is 0 Å². The molecule has 2 atom stereocenters. The molecule has 0 amide bonds. The molecular weight excluding hydrogens is 846 g/mol. The van der Waals surface area contributed by atoms with Crippen LogP contribution in [0.4, 0.5) is 0 Å². The van der Waals surface area contributed by atoms with Crippen LogP contribution < -0.4 is 0 Å². The number of hydrogen-bond acceptors (Lipinski definition) is 0. The Bertz CT molecular complexity index is 1380. The first-order valence-electron chi connectivity index (χ1n) is 24.2. The average molecular weight is 925 g/mol. The zero-order valence-electron chi connectivity index (χ0n) is 35.0. The number of allylic oxidation sites excluding steroid dienone is 1. The monoisotopic (exact) mass is 924 g/mol. The van der Waals surface area contributed by atoms with Crippen LogP contribution in [0.1, 0.15) is 197 Å². The van der Waals surface area contributed by atoms with Crippen molar-refractivity contribution < 1.29 is 19.5 Å². The maximum atomic E-state index is 9.82. The second-order valence-electron chi connectivity index (χ2n) is 20.2. The van der Waals surface area contributed by atoms with Crippen LogP contribution in [-0.2, 0) is 24.9 Å². The van der Waals surface area contributed by atoms with Gasteiger partial charge in [-0.15, -0.1) is 0 Å². The van der Waals surface area contributed by atoms with Gasteiger partial charge in [0, 0.05) is 19.5 Å². The Labute approximate surface area is 368 Å². The summed E-state index contributed by atoms with van der Waals surface area (Å²) < 4.78 is -0.182. The molecule has 2 unspecified atom stereocenters. The van der Waals surface area contributed by atoms with Crippen molar-refractivity contribution in [2.75, 3.05) is 0 Å². The SMILES string of the molecule is ClC=CC(Cl)([PH](C1CCCCC1)(C1CCCCC1)C1CCCCC1)[PH](C1CCCCC1)(C1CCCCC1)C1CCCC(c2ccccc2)(c2ccccc2)C1.[Ru]. The molecule has 0 spiro atoms. The zero-order chi connectivity index (χ0) is 37.6. The van der Waals surface area contributed by atoms with Gasteiger partial charge < -0.3 is 0 Å². The predicted octanol–water partition coefficient (Wildman–Crippen LogP) is 16.7. The molecule has 6 fully saturated rings. The topological polar surface area (TPSA) is 0 Å². The van der Waals surface area contributed by atoms with Crippen LogP contribution in [0.2, 0.25) is 0 Å². The molecule has 0 bridgehead atoms. The molecule has 0 nitrogen and oxygen atoms in total. The normalized spacial score (nSPS) is 27.6. The van der Waals surface area contributed by atoms with E-state index in [0.29, 0.717) is 0 Å². The molecule has 2 aromatic rings. The van der Waals surface area contributed by atoms with E-state index >= 15 is 0 Å². The minimum atomic E-state index is -2.45. The van der Waals surface area contributed by atoms with Crippen molar-refractivity contribution in [1.29, 1.82) is 0 Å². The standard InChI is InChI=1S/C51H78Cl2P2.Ru/c52-40-39-51(53,54(44-27-12-3-13-28-44,45-29-14-4-15-30-45)46-31-16-5-17-32-46)55(47-33-18-6-19-34-47,48-35-20-7-21-36-48)49-37-22-38-50(41-49,42-23-8-1-9-24-42)43-25-10-2-11-26-43;/h1-2,8-11,23-26,39-40,44-49,54-55H,3-7,12-22,27-38,41H2;. The van der Waals surface area contributed by atoms with Gasteiger partial charge in [0.15, 0.2) is 0 Å². The van der Waals surface area contributed by atoms with Gasteiger partial charge in [-0.3, -0.25) is 0 Å². The van der Waals surface area contributed by atoms with Crippen molar-refractivity contribution in [2.45, 2.75) is 230 Å². The Balaban J connectivity index is 0.00000480. The minimum absolute atomic E-state index is 0. The third-order valence-corrected chi connectivity index (χ3v) is 37.2. The summed E-state index contributed by atoms with van der Waals surface area (Å²) in [6, 6.07) is 23.9. The summed E-state index contributed by atoms with van der Waals surface area (Å²) in [7, 11) is -4.76. The summed E-state index contributed by atoms with van der Waals surface area (Å²) in [4.78, 5) is 0. The summed E-state index contributed by atoms with van der Waals surface area (Å²) in [6.45, 7) is 0. The maximum absolute atomic E-state index is 9.82. The Morgan fingerprint density at radius 2 is 0.750 bits per heavy atom. The molecule has 0 aliphatic heterocycles. The quantitative estimate of drug-likeness (QED) is 0.120. The first kappa shape index (κ1) is 44.3. The van der Waals surface area contributed by atoms with E-state index in [1.54, 1.807) is 11.1 Å². The molecule has 314 valence electrons. The van der Waals surface area contributed by atoms with Crippen LogP contribution in [0.3, 0.4) is 0 Å². The van der Waals surface area contributed by atoms with Gasteiger partial charge in [-0.25, -0.2) is 0 Å². The van der Waals surface area contributed by atoms with Gasteiger partial charge in [-0.1, -0.05) is 0 Å². The van der Waals surface area contributed by atoms with Gasteiger partial charge in [-0.05, 0) is 0 Å². The van der Waals surface area contributed by atoms with E-state index in [1.165, 1.54) is 186 Å². The second-order valence-corrected chi connectivity index (χ2v) is 32.3. The molecule has 6 saturated carbocycles. The summed E-state index contributed by atoms with van der Waals surface area (Å²) in [5.74, 6) is 0. The van der Waals surface area contributed by atoms with Gasteiger partial charge in [0.1, 0.15) is 0 Å². The van der Waals surface area contributed by atoms with Crippen LogP contribution in [-0.4, -0.2) is 38.3 Å². The first-order valence-corrected chi connectivity index (χ1v) is 29.5.